The lowest BCUT2D eigenvalue weighted by atomic mass is 10.1. The summed E-state index contributed by atoms with van der Waals surface area (Å²) in [6.07, 6.45) is 0. The predicted octanol–water partition coefficient (Wildman–Crippen LogP) is 2.31. The van der Waals surface area contributed by atoms with E-state index in [2.05, 4.69) is 20.8 Å². The van der Waals surface area contributed by atoms with E-state index in [-0.39, 0.29) is 0 Å². The van der Waals surface area contributed by atoms with Crippen LogP contribution < -0.4 is 0 Å². The van der Waals surface area contributed by atoms with E-state index in [1.165, 1.54) is 0 Å². The minimum atomic E-state index is -3.42. The maximum atomic E-state index is 12.9. The van der Waals surface area contributed by atoms with Gasteiger partial charge in [-0.25, -0.2) is 8.42 Å². The molecule has 1 aliphatic heterocycles. The zero-order valence-electron chi connectivity index (χ0n) is 12.4. The van der Waals surface area contributed by atoms with Gasteiger partial charge in [-0.15, -0.1) is 0 Å². The molecule has 0 saturated carbocycles. The van der Waals surface area contributed by atoms with Crippen LogP contribution in [0.3, 0.4) is 0 Å². The van der Waals surface area contributed by atoms with Crippen LogP contribution in [-0.2, 0) is 10.0 Å². The Morgan fingerprint density at radius 1 is 1.05 bits per heavy atom. The molecule has 4 nitrogen and oxygen atoms in total. The van der Waals surface area contributed by atoms with Gasteiger partial charge in [0.25, 0.3) is 0 Å². The second-order valence-corrected chi connectivity index (χ2v) is 8.19. The van der Waals surface area contributed by atoms with Gasteiger partial charge in [0.1, 0.15) is 0 Å². The van der Waals surface area contributed by atoms with Crippen molar-refractivity contribution in [1.29, 1.82) is 0 Å². The van der Waals surface area contributed by atoms with Gasteiger partial charge in [0.05, 0.1) is 4.90 Å². The second kappa shape index (κ2) is 5.75. The molecule has 0 unspecified atom stereocenters. The first-order valence-electron chi connectivity index (χ1n) is 6.70. The summed E-state index contributed by atoms with van der Waals surface area (Å²) in [5.74, 6) is 0. The van der Waals surface area contributed by atoms with Crippen molar-refractivity contribution in [3.63, 3.8) is 0 Å². The smallest absolute Gasteiger partial charge is 0.243 e. The van der Waals surface area contributed by atoms with E-state index < -0.39 is 10.0 Å². The van der Waals surface area contributed by atoms with Crippen molar-refractivity contribution < 1.29 is 8.42 Å². The molecule has 0 N–H and O–H groups in total. The molecule has 0 aromatic heterocycles. The van der Waals surface area contributed by atoms with Crippen LogP contribution in [0, 0.1) is 20.8 Å². The molecule has 112 valence electrons. The number of nitrogens with zero attached hydrogens (tertiary/aromatic N) is 2. The van der Waals surface area contributed by atoms with Crippen molar-refractivity contribution in [3.8, 4) is 0 Å². The van der Waals surface area contributed by atoms with E-state index in [0.29, 0.717) is 18.0 Å². The number of aryl methyl sites for hydroxylation is 1. The average molecular weight is 361 g/mol. The minimum Gasteiger partial charge on any atom is -0.304 e. The highest BCUT2D eigenvalue weighted by Gasteiger charge is 2.31. The topological polar surface area (TPSA) is 40.6 Å². The Morgan fingerprint density at radius 2 is 1.60 bits per heavy atom. The summed E-state index contributed by atoms with van der Waals surface area (Å²) >= 11 is 3.47. The molecule has 6 heteroatoms. The van der Waals surface area contributed by atoms with Crippen molar-refractivity contribution in [2.45, 2.75) is 25.7 Å². The van der Waals surface area contributed by atoms with Gasteiger partial charge in [0, 0.05) is 30.7 Å². The Balaban J connectivity index is 2.50. The number of benzene rings is 1. The van der Waals surface area contributed by atoms with Gasteiger partial charge >= 0.3 is 0 Å². The van der Waals surface area contributed by atoms with Crippen LogP contribution in [0.5, 0.6) is 0 Å². The third-order valence-electron chi connectivity index (χ3n) is 4.03. The van der Waals surface area contributed by atoms with Gasteiger partial charge in [-0.3, -0.25) is 0 Å². The van der Waals surface area contributed by atoms with Gasteiger partial charge < -0.3 is 4.90 Å². The number of hydrogen-bond acceptors (Lipinski definition) is 3. The Bertz CT molecular complexity index is 594. The molecule has 1 heterocycles. The van der Waals surface area contributed by atoms with Crippen molar-refractivity contribution in [2.24, 2.45) is 0 Å². The molecule has 0 spiro atoms. The molecular weight excluding hydrogens is 340 g/mol. The van der Waals surface area contributed by atoms with Crippen LogP contribution in [0.4, 0.5) is 0 Å². The number of hydrogen-bond donors (Lipinski definition) is 0. The fourth-order valence-electron chi connectivity index (χ4n) is 2.52. The van der Waals surface area contributed by atoms with Crippen LogP contribution in [0.25, 0.3) is 0 Å². The van der Waals surface area contributed by atoms with Crippen LogP contribution in [0.2, 0.25) is 0 Å². The van der Waals surface area contributed by atoms with Crippen LogP contribution >= 0.6 is 15.9 Å². The predicted molar refractivity (Wildman–Crippen MR) is 84.6 cm³/mol. The Morgan fingerprint density at radius 3 is 2.15 bits per heavy atom. The Labute approximate surface area is 129 Å². The number of piperazine rings is 1. The number of likely N-dealkylation sites (N-methyl/N-ethyl adjacent to an activating group) is 1. The van der Waals surface area contributed by atoms with E-state index in [0.717, 1.165) is 34.3 Å². The summed E-state index contributed by atoms with van der Waals surface area (Å²) in [4.78, 5) is 2.62. The average Bonchev–Trinajstić information content (AvgIpc) is 2.37. The first-order chi connectivity index (χ1) is 9.25. The summed E-state index contributed by atoms with van der Waals surface area (Å²) in [6.45, 7) is 8.38. The van der Waals surface area contributed by atoms with Gasteiger partial charge in [-0.05, 0) is 50.6 Å². The summed E-state index contributed by atoms with van der Waals surface area (Å²) < 4.78 is 28.3. The highest BCUT2D eigenvalue weighted by molar-refractivity contribution is 9.10. The molecule has 1 aromatic rings. The molecule has 0 aliphatic carbocycles. The molecule has 20 heavy (non-hydrogen) atoms. The fourth-order valence-corrected chi connectivity index (χ4v) is 5.14. The van der Waals surface area contributed by atoms with E-state index >= 15 is 0 Å². The standard InChI is InChI=1S/C14H21BrN2O2S/c1-10-9-13(15)12(3)14(11(10)2)20(18,19)17-7-5-16(4)6-8-17/h9H,5-8H2,1-4H3. The Hall–Kier alpha value is -0.430. The third-order valence-corrected chi connectivity index (χ3v) is 7.03. The van der Waals surface area contributed by atoms with Crippen molar-refractivity contribution >= 4 is 26.0 Å². The maximum Gasteiger partial charge on any atom is 0.243 e. The van der Waals surface area contributed by atoms with E-state index in [1.807, 2.05) is 33.9 Å². The number of sulfonamides is 1. The van der Waals surface area contributed by atoms with Crippen molar-refractivity contribution in [1.82, 2.24) is 9.21 Å². The van der Waals surface area contributed by atoms with Crippen LogP contribution in [-0.4, -0.2) is 50.8 Å². The first-order valence-corrected chi connectivity index (χ1v) is 8.93. The monoisotopic (exact) mass is 360 g/mol. The van der Waals surface area contributed by atoms with Crippen molar-refractivity contribution in [2.75, 3.05) is 33.2 Å². The Kier molecular flexibility index (Phi) is 4.59. The SMILES string of the molecule is Cc1cc(Br)c(C)c(S(=O)(=O)N2CCN(C)CC2)c1C. The van der Waals surface area contributed by atoms with E-state index in [1.54, 1.807) is 4.31 Å². The minimum absolute atomic E-state index is 0.467. The van der Waals surface area contributed by atoms with Gasteiger partial charge in [-0.2, -0.15) is 4.31 Å². The lowest BCUT2D eigenvalue weighted by molar-refractivity contribution is 0.222. The van der Waals surface area contributed by atoms with Crippen LogP contribution in [0.15, 0.2) is 15.4 Å². The molecule has 2 rings (SSSR count). The molecule has 0 radical (unpaired) electrons. The lowest BCUT2D eigenvalue weighted by Crippen LogP contribution is -2.47. The summed E-state index contributed by atoms with van der Waals surface area (Å²) in [7, 11) is -1.40. The number of halogens is 1. The molecule has 1 fully saturated rings. The molecule has 0 bridgehead atoms. The zero-order chi connectivity index (χ0) is 15.1. The molecule has 1 aliphatic rings. The van der Waals surface area contributed by atoms with Crippen molar-refractivity contribution in [3.05, 3.63) is 27.2 Å². The highest BCUT2D eigenvalue weighted by Crippen LogP contribution is 2.31. The van der Waals surface area contributed by atoms with Gasteiger partial charge in [0.15, 0.2) is 0 Å². The summed E-state index contributed by atoms with van der Waals surface area (Å²) in [6, 6.07) is 1.98. The molecule has 1 saturated heterocycles. The lowest BCUT2D eigenvalue weighted by Gasteiger charge is -2.32. The maximum absolute atomic E-state index is 12.9. The number of rotatable bonds is 2. The molecule has 1 aromatic carbocycles. The third kappa shape index (κ3) is 2.79. The molecule has 0 amide bonds. The zero-order valence-corrected chi connectivity index (χ0v) is 14.8. The molecule has 0 atom stereocenters. The van der Waals surface area contributed by atoms with E-state index in [4.69, 9.17) is 0 Å². The highest BCUT2D eigenvalue weighted by atomic mass is 79.9. The molecular formula is C14H21BrN2O2S. The van der Waals surface area contributed by atoms with Crippen LogP contribution in [0.1, 0.15) is 16.7 Å². The summed E-state index contributed by atoms with van der Waals surface area (Å²) in [5, 5.41) is 0. The van der Waals surface area contributed by atoms with Gasteiger partial charge in [0.2, 0.25) is 10.0 Å². The summed E-state index contributed by atoms with van der Waals surface area (Å²) in [5.41, 5.74) is 2.65. The fraction of sp³-hybridized carbons (Fsp3) is 0.571. The second-order valence-electron chi connectivity index (χ2n) is 5.46. The largest absolute Gasteiger partial charge is 0.304 e. The normalized spacial score (nSPS) is 18.4. The van der Waals surface area contributed by atoms with E-state index in [9.17, 15) is 8.42 Å². The quantitative estimate of drug-likeness (QED) is 0.812. The van der Waals surface area contributed by atoms with Gasteiger partial charge in [-0.1, -0.05) is 15.9 Å². The first kappa shape index (κ1) is 15.9.